The molecule has 0 heterocycles. The van der Waals surface area contributed by atoms with E-state index < -0.39 is 0 Å². The molecule has 0 bridgehead atoms. The van der Waals surface area contributed by atoms with Crippen LogP contribution in [0.4, 0.5) is 0 Å². The number of hydrogen-bond acceptors (Lipinski definition) is 1. The molecule has 1 nitrogen and oxygen atoms in total. The normalized spacial score (nSPS) is 13.9. The summed E-state index contributed by atoms with van der Waals surface area (Å²) in [5.41, 5.74) is 4.65. The topological polar surface area (TPSA) is 12.0 Å². The molecule has 0 radical (unpaired) electrons. The third-order valence-electron chi connectivity index (χ3n) is 4.05. The molecule has 0 spiro atoms. The Morgan fingerprint density at radius 3 is 2.26 bits per heavy atom. The van der Waals surface area contributed by atoms with Crippen LogP contribution in [-0.2, 0) is 5.41 Å². The lowest BCUT2D eigenvalue weighted by Gasteiger charge is -2.27. The lowest BCUT2D eigenvalue weighted by atomic mass is 9.79. The summed E-state index contributed by atoms with van der Waals surface area (Å²) in [7, 11) is 2.04. The Balaban J connectivity index is 3.14. The average Bonchev–Trinajstić information content (AvgIpc) is 2.29. The van der Waals surface area contributed by atoms with Gasteiger partial charge in [-0.3, -0.25) is 0 Å². The monoisotopic (exact) mass is 261 g/mol. The third kappa shape index (κ3) is 4.35. The molecule has 1 aromatic carbocycles. The summed E-state index contributed by atoms with van der Waals surface area (Å²) < 4.78 is 0. The van der Waals surface area contributed by atoms with E-state index >= 15 is 0 Å². The number of hydrogen-bond donors (Lipinski definition) is 1. The highest BCUT2D eigenvalue weighted by molar-refractivity contribution is 5.37. The molecular weight excluding hydrogens is 230 g/mol. The molecule has 1 heteroatoms. The Morgan fingerprint density at radius 2 is 1.79 bits per heavy atom. The minimum atomic E-state index is 0.229. The van der Waals surface area contributed by atoms with Crippen molar-refractivity contribution < 1.29 is 0 Å². The van der Waals surface area contributed by atoms with Gasteiger partial charge in [0.2, 0.25) is 0 Å². The first-order valence-electron chi connectivity index (χ1n) is 7.53. The van der Waals surface area contributed by atoms with Crippen molar-refractivity contribution in [1.29, 1.82) is 0 Å². The molecule has 0 aliphatic rings. The molecule has 1 aromatic rings. The molecule has 1 rings (SSSR count). The van der Waals surface area contributed by atoms with Crippen molar-refractivity contribution in [3.8, 4) is 0 Å². The first-order valence-corrected chi connectivity index (χ1v) is 7.53. The fourth-order valence-corrected chi connectivity index (χ4v) is 2.65. The van der Waals surface area contributed by atoms with E-state index in [1.165, 1.54) is 23.1 Å². The summed E-state index contributed by atoms with van der Waals surface area (Å²) in [4.78, 5) is 0. The lowest BCUT2D eigenvalue weighted by Crippen LogP contribution is -2.18. The van der Waals surface area contributed by atoms with Gasteiger partial charge in [-0.25, -0.2) is 0 Å². The molecule has 0 aromatic heterocycles. The van der Waals surface area contributed by atoms with Crippen molar-refractivity contribution in [2.75, 3.05) is 13.6 Å². The van der Waals surface area contributed by atoms with Gasteiger partial charge in [0.25, 0.3) is 0 Å². The summed E-state index contributed by atoms with van der Waals surface area (Å²) in [6.45, 7) is 14.9. The van der Waals surface area contributed by atoms with Crippen LogP contribution in [0, 0.1) is 12.8 Å². The van der Waals surface area contributed by atoms with Crippen molar-refractivity contribution in [1.82, 2.24) is 5.32 Å². The second-order valence-corrected chi connectivity index (χ2v) is 7.06. The van der Waals surface area contributed by atoms with Crippen LogP contribution in [0.1, 0.15) is 63.6 Å². The van der Waals surface area contributed by atoms with Gasteiger partial charge in [-0.2, -0.15) is 0 Å². The maximum absolute atomic E-state index is 3.29. The largest absolute Gasteiger partial charge is 0.320 e. The summed E-state index contributed by atoms with van der Waals surface area (Å²) >= 11 is 0. The molecule has 0 fully saturated rings. The van der Waals surface area contributed by atoms with E-state index in [0.29, 0.717) is 11.8 Å². The summed E-state index contributed by atoms with van der Waals surface area (Å²) in [5.74, 6) is 1.33. The van der Waals surface area contributed by atoms with Crippen molar-refractivity contribution in [2.45, 2.75) is 59.3 Å². The standard InChI is InChI=1S/C18H31N/c1-13(2)16(10-11-19-7)17-12-15(18(4,5)6)9-8-14(17)3/h8-9,12-13,16,19H,10-11H2,1-7H3. The van der Waals surface area contributed by atoms with Crippen molar-refractivity contribution in [2.24, 2.45) is 5.92 Å². The van der Waals surface area contributed by atoms with E-state index in [4.69, 9.17) is 0 Å². The first-order chi connectivity index (χ1) is 8.77. The molecule has 1 atom stereocenters. The second-order valence-electron chi connectivity index (χ2n) is 7.06. The zero-order valence-corrected chi connectivity index (χ0v) is 13.8. The van der Waals surface area contributed by atoms with E-state index in [-0.39, 0.29) is 5.41 Å². The molecule has 1 N–H and O–H groups in total. The lowest BCUT2D eigenvalue weighted by molar-refractivity contribution is 0.457. The van der Waals surface area contributed by atoms with E-state index in [9.17, 15) is 0 Å². The van der Waals surface area contributed by atoms with Crippen LogP contribution in [-0.4, -0.2) is 13.6 Å². The van der Waals surface area contributed by atoms with E-state index in [0.717, 1.165) is 6.54 Å². The van der Waals surface area contributed by atoms with Gasteiger partial charge in [0.05, 0.1) is 0 Å². The summed E-state index contributed by atoms with van der Waals surface area (Å²) in [6.07, 6.45) is 1.21. The molecule has 0 amide bonds. The molecule has 1 unspecified atom stereocenters. The average molecular weight is 261 g/mol. The predicted octanol–water partition coefficient (Wildman–Crippen LogP) is 4.64. The minimum Gasteiger partial charge on any atom is -0.320 e. The first kappa shape index (κ1) is 16.2. The van der Waals surface area contributed by atoms with Crippen molar-refractivity contribution in [3.05, 3.63) is 34.9 Å². The van der Waals surface area contributed by atoms with Crippen LogP contribution >= 0.6 is 0 Å². The van der Waals surface area contributed by atoms with Gasteiger partial charge >= 0.3 is 0 Å². The maximum Gasteiger partial charge on any atom is -0.00460 e. The van der Waals surface area contributed by atoms with Gasteiger partial charge in [-0.05, 0) is 60.9 Å². The number of aryl methyl sites for hydroxylation is 1. The van der Waals surface area contributed by atoms with Crippen LogP contribution < -0.4 is 5.32 Å². The van der Waals surface area contributed by atoms with Gasteiger partial charge < -0.3 is 5.32 Å². The van der Waals surface area contributed by atoms with Crippen LogP contribution in [0.15, 0.2) is 18.2 Å². The van der Waals surface area contributed by atoms with Gasteiger partial charge in [-0.15, -0.1) is 0 Å². The zero-order chi connectivity index (χ0) is 14.6. The molecule has 0 saturated heterocycles. The van der Waals surface area contributed by atoms with Gasteiger partial charge in [0.15, 0.2) is 0 Å². The highest BCUT2D eigenvalue weighted by Gasteiger charge is 2.20. The zero-order valence-electron chi connectivity index (χ0n) is 13.8. The Labute approximate surface area is 119 Å². The van der Waals surface area contributed by atoms with Crippen molar-refractivity contribution >= 4 is 0 Å². The van der Waals surface area contributed by atoms with Gasteiger partial charge in [0, 0.05) is 0 Å². The number of benzene rings is 1. The molecular formula is C18H31N. The van der Waals surface area contributed by atoms with Crippen LogP contribution in [0.2, 0.25) is 0 Å². The van der Waals surface area contributed by atoms with Crippen molar-refractivity contribution in [3.63, 3.8) is 0 Å². The highest BCUT2D eigenvalue weighted by Crippen LogP contribution is 2.33. The second kappa shape index (κ2) is 6.56. The molecule has 0 aliphatic carbocycles. The summed E-state index contributed by atoms with van der Waals surface area (Å²) in [6, 6.07) is 7.02. The highest BCUT2D eigenvalue weighted by atomic mass is 14.8. The van der Waals surface area contributed by atoms with Crippen LogP contribution in [0.25, 0.3) is 0 Å². The van der Waals surface area contributed by atoms with E-state index in [1.54, 1.807) is 0 Å². The van der Waals surface area contributed by atoms with E-state index in [2.05, 4.69) is 65.1 Å². The fraction of sp³-hybridized carbons (Fsp3) is 0.667. The Morgan fingerprint density at radius 1 is 1.16 bits per heavy atom. The predicted molar refractivity (Wildman–Crippen MR) is 86.0 cm³/mol. The Kier molecular flexibility index (Phi) is 5.61. The minimum absolute atomic E-state index is 0.229. The van der Waals surface area contributed by atoms with Gasteiger partial charge in [0.1, 0.15) is 0 Å². The number of nitrogens with one attached hydrogen (secondary N) is 1. The van der Waals surface area contributed by atoms with Crippen LogP contribution in [0.5, 0.6) is 0 Å². The molecule has 0 aliphatic heterocycles. The number of rotatable bonds is 5. The Hall–Kier alpha value is -0.820. The smallest absolute Gasteiger partial charge is 0.00460 e. The van der Waals surface area contributed by atoms with Crippen LogP contribution in [0.3, 0.4) is 0 Å². The molecule has 19 heavy (non-hydrogen) atoms. The summed E-state index contributed by atoms with van der Waals surface area (Å²) in [5, 5.41) is 3.29. The SMILES string of the molecule is CNCCC(c1cc(C(C)(C)C)ccc1C)C(C)C. The molecule has 0 saturated carbocycles. The maximum atomic E-state index is 3.29. The van der Waals surface area contributed by atoms with Gasteiger partial charge in [-0.1, -0.05) is 52.8 Å². The quantitative estimate of drug-likeness (QED) is 0.814. The Bertz CT molecular complexity index is 399. The van der Waals surface area contributed by atoms with E-state index in [1.807, 2.05) is 7.05 Å². The third-order valence-corrected chi connectivity index (χ3v) is 4.05. The molecule has 108 valence electrons. The fourth-order valence-electron chi connectivity index (χ4n) is 2.65.